The molecule has 0 unspecified atom stereocenters. The van der Waals surface area contributed by atoms with Crippen LogP contribution in [0.5, 0.6) is 11.5 Å². The van der Waals surface area contributed by atoms with Crippen molar-refractivity contribution in [1.82, 2.24) is 0 Å². The molecule has 5 nitrogen and oxygen atoms in total. The third kappa shape index (κ3) is 2.43. The fraction of sp³-hybridized carbons (Fsp3) is 0.364. The highest BCUT2D eigenvalue weighted by Crippen LogP contribution is 2.26. The molecule has 0 saturated heterocycles. The molecule has 5 N–H and O–H groups in total. The van der Waals surface area contributed by atoms with Crippen LogP contribution in [-0.4, -0.2) is 26.8 Å². The van der Waals surface area contributed by atoms with Gasteiger partial charge >= 0.3 is 5.97 Å². The number of hydrogen-bond donors (Lipinski definition) is 4. The van der Waals surface area contributed by atoms with Gasteiger partial charge in [0.15, 0.2) is 0 Å². The van der Waals surface area contributed by atoms with Crippen LogP contribution in [0.4, 0.5) is 0 Å². The van der Waals surface area contributed by atoms with Crippen LogP contribution in [0.15, 0.2) is 18.2 Å². The Bertz CT molecular complexity index is 405. The van der Waals surface area contributed by atoms with Gasteiger partial charge in [-0.1, -0.05) is 13.0 Å². The maximum atomic E-state index is 11.0. The van der Waals surface area contributed by atoms with Crippen LogP contribution in [0.1, 0.15) is 18.9 Å². The predicted molar refractivity (Wildman–Crippen MR) is 58.3 cm³/mol. The normalized spacial score (nSPS) is 14.4. The molecule has 0 bridgehead atoms. The van der Waals surface area contributed by atoms with Gasteiger partial charge in [0, 0.05) is 12.5 Å². The van der Waals surface area contributed by atoms with Gasteiger partial charge in [-0.05, 0) is 18.1 Å². The SMILES string of the molecule is CC[C@](N)(Cc1ccc(O)cc1O)C(=O)O. The second-order valence-electron chi connectivity index (χ2n) is 3.80. The lowest BCUT2D eigenvalue weighted by Crippen LogP contribution is -2.49. The second kappa shape index (κ2) is 4.40. The van der Waals surface area contributed by atoms with E-state index >= 15 is 0 Å². The Labute approximate surface area is 93.1 Å². The third-order valence-electron chi connectivity index (χ3n) is 2.63. The molecule has 0 aromatic heterocycles. The molecule has 0 heterocycles. The van der Waals surface area contributed by atoms with Gasteiger partial charge < -0.3 is 21.1 Å². The summed E-state index contributed by atoms with van der Waals surface area (Å²) in [5.41, 5.74) is 4.72. The number of carbonyl (C=O) groups is 1. The van der Waals surface area contributed by atoms with Crippen molar-refractivity contribution in [2.45, 2.75) is 25.3 Å². The molecule has 0 spiro atoms. The smallest absolute Gasteiger partial charge is 0.324 e. The molecule has 1 aromatic rings. The first kappa shape index (κ1) is 12.3. The van der Waals surface area contributed by atoms with Gasteiger partial charge in [-0.3, -0.25) is 4.79 Å². The van der Waals surface area contributed by atoms with Gasteiger partial charge in [-0.15, -0.1) is 0 Å². The zero-order valence-electron chi connectivity index (χ0n) is 8.97. The molecule has 0 aliphatic heterocycles. The van der Waals surface area contributed by atoms with Crippen LogP contribution in [0.25, 0.3) is 0 Å². The summed E-state index contributed by atoms with van der Waals surface area (Å²) in [6, 6.07) is 4.01. The summed E-state index contributed by atoms with van der Waals surface area (Å²) >= 11 is 0. The zero-order chi connectivity index (χ0) is 12.3. The lowest BCUT2D eigenvalue weighted by atomic mass is 9.89. The van der Waals surface area contributed by atoms with E-state index in [4.69, 9.17) is 15.9 Å². The fourth-order valence-electron chi connectivity index (χ4n) is 1.39. The highest BCUT2D eigenvalue weighted by atomic mass is 16.4. The minimum Gasteiger partial charge on any atom is -0.508 e. The minimum atomic E-state index is -1.39. The Morgan fingerprint density at radius 1 is 1.44 bits per heavy atom. The zero-order valence-corrected chi connectivity index (χ0v) is 8.97. The van der Waals surface area contributed by atoms with Crippen LogP contribution in [0, 0.1) is 0 Å². The largest absolute Gasteiger partial charge is 0.508 e. The molecule has 0 amide bonds. The number of carboxylic acids is 1. The van der Waals surface area contributed by atoms with E-state index in [2.05, 4.69) is 0 Å². The molecule has 1 atom stereocenters. The van der Waals surface area contributed by atoms with Gasteiger partial charge in [0.2, 0.25) is 0 Å². The van der Waals surface area contributed by atoms with Crippen LogP contribution >= 0.6 is 0 Å². The van der Waals surface area contributed by atoms with Crippen LogP contribution in [-0.2, 0) is 11.2 Å². The summed E-state index contributed by atoms with van der Waals surface area (Å²) in [7, 11) is 0. The summed E-state index contributed by atoms with van der Waals surface area (Å²) in [6.45, 7) is 1.67. The number of phenolic OH excluding ortho intramolecular Hbond substituents is 2. The third-order valence-corrected chi connectivity index (χ3v) is 2.63. The van der Waals surface area contributed by atoms with E-state index in [1.165, 1.54) is 12.1 Å². The van der Waals surface area contributed by atoms with Crippen molar-refractivity contribution in [3.63, 3.8) is 0 Å². The Morgan fingerprint density at radius 2 is 2.06 bits per heavy atom. The first-order chi connectivity index (χ1) is 7.39. The first-order valence-electron chi connectivity index (χ1n) is 4.92. The van der Waals surface area contributed by atoms with Gasteiger partial charge in [0.1, 0.15) is 17.0 Å². The number of aliphatic carboxylic acids is 1. The summed E-state index contributed by atoms with van der Waals surface area (Å²) in [5, 5.41) is 27.6. The lowest BCUT2D eigenvalue weighted by molar-refractivity contribution is -0.143. The monoisotopic (exact) mass is 225 g/mol. The van der Waals surface area contributed by atoms with Crippen molar-refractivity contribution >= 4 is 5.97 Å². The number of nitrogens with two attached hydrogens (primary N) is 1. The average Bonchev–Trinajstić information content (AvgIpc) is 2.22. The first-order valence-corrected chi connectivity index (χ1v) is 4.92. The lowest BCUT2D eigenvalue weighted by Gasteiger charge is -2.23. The Balaban J connectivity index is 2.99. The van der Waals surface area contributed by atoms with Crippen molar-refractivity contribution in [2.75, 3.05) is 0 Å². The van der Waals surface area contributed by atoms with Gasteiger partial charge in [0.25, 0.3) is 0 Å². The van der Waals surface area contributed by atoms with E-state index in [0.717, 1.165) is 6.07 Å². The van der Waals surface area contributed by atoms with Gasteiger partial charge in [0.05, 0.1) is 0 Å². The molecule has 88 valence electrons. The van der Waals surface area contributed by atoms with Crippen LogP contribution in [0.2, 0.25) is 0 Å². The number of phenols is 2. The Kier molecular flexibility index (Phi) is 3.39. The Morgan fingerprint density at radius 3 is 2.50 bits per heavy atom. The molecule has 1 rings (SSSR count). The van der Waals surface area contributed by atoms with Crippen molar-refractivity contribution in [3.05, 3.63) is 23.8 Å². The van der Waals surface area contributed by atoms with Crippen LogP contribution < -0.4 is 5.73 Å². The number of rotatable bonds is 4. The summed E-state index contributed by atoms with van der Waals surface area (Å²) in [4.78, 5) is 11.0. The summed E-state index contributed by atoms with van der Waals surface area (Å²) in [5.74, 6) is -1.33. The maximum Gasteiger partial charge on any atom is 0.324 e. The number of aromatic hydroxyl groups is 2. The molecule has 0 aliphatic rings. The molecule has 5 heteroatoms. The van der Waals surface area contributed by atoms with E-state index in [1.54, 1.807) is 6.92 Å². The van der Waals surface area contributed by atoms with E-state index in [0.29, 0.717) is 5.56 Å². The van der Waals surface area contributed by atoms with Crippen LogP contribution in [0.3, 0.4) is 0 Å². The maximum absolute atomic E-state index is 11.0. The van der Waals surface area contributed by atoms with Crippen molar-refractivity contribution in [3.8, 4) is 11.5 Å². The second-order valence-corrected chi connectivity index (χ2v) is 3.80. The van der Waals surface area contributed by atoms with Gasteiger partial charge in [-0.2, -0.15) is 0 Å². The summed E-state index contributed by atoms with van der Waals surface area (Å²) in [6.07, 6.45) is 0.271. The molecule has 0 fully saturated rings. The minimum absolute atomic E-state index is 0.0188. The van der Waals surface area contributed by atoms with E-state index in [-0.39, 0.29) is 24.3 Å². The quantitative estimate of drug-likeness (QED) is 0.607. The number of carboxylic acid groups (broad SMARTS) is 1. The van der Waals surface area contributed by atoms with E-state index in [1.807, 2.05) is 0 Å². The molecule has 16 heavy (non-hydrogen) atoms. The predicted octanol–water partition coefficient (Wildman–Crippen LogP) is 0.832. The summed E-state index contributed by atoms with van der Waals surface area (Å²) < 4.78 is 0. The molecular formula is C11H15NO4. The van der Waals surface area contributed by atoms with E-state index in [9.17, 15) is 9.90 Å². The Hall–Kier alpha value is -1.75. The highest BCUT2D eigenvalue weighted by molar-refractivity contribution is 5.79. The molecule has 1 aromatic carbocycles. The molecular weight excluding hydrogens is 210 g/mol. The number of benzene rings is 1. The van der Waals surface area contributed by atoms with Crippen molar-refractivity contribution < 1.29 is 20.1 Å². The topological polar surface area (TPSA) is 104 Å². The molecule has 0 aliphatic carbocycles. The fourth-order valence-corrected chi connectivity index (χ4v) is 1.39. The standard InChI is InChI=1S/C11H15NO4/c1-2-11(12,10(15)16)6-7-3-4-8(13)5-9(7)14/h3-5,13-14H,2,6,12H2,1H3,(H,15,16)/t11-/m0/s1. The van der Waals surface area contributed by atoms with Crippen molar-refractivity contribution in [2.24, 2.45) is 5.73 Å². The van der Waals surface area contributed by atoms with E-state index < -0.39 is 11.5 Å². The average molecular weight is 225 g/mol. The van der Waals surface area contributed by atoms with Crippen molar-refractivity contribution in [1.29, 1.82) is 0 Å². The molecule has 0 saturated carbocycles. The highest BCUT2D eigenvalue weighted by Gasteiger charge is 2.32. The van der Waals surface area contributed by atoms with Gasteiger partial charge in [-0.25, -0.2) is 0 Å². The number of hydrogen-bond acceptors (Lipinski definition) is 4. The molecule has 0 radical (unpaired) electrons.